The van der Waals surface area contributed by atoms with Gasteiger partial charge in [0.1, 0.15) is 0 Å². The molecule has 136 valence electrons. The van der Waals surface area contributed by atoms with Gasteiger partial charge in [-0.2, -0.15) is 4.31 Å². The Labute approximate surface area is 148 Å². The van der Waals surface area contributed by atoms with E-state index in [4.69, 9.17) is 5.41 Å². The Hall–Kier alpha value is -1.93. The summed E-state index contributed by atoms with van der Waals surface area (Å²) in [4.78, 5) is 13.8. The Morgan fingerprint density at radius 1 is 1.28 bits per heavy atom. The van der Waals surface area contributed by atoms with Crippen molar-refractivity contribution in [1.29, 1.82) is 5.41 Å². The maximum atomic E-state index is 12.9. The van der Waals surface area contributed by atoms with E-state index in [0.717, 1.165) is 12.8 Å². The highest BCUT2D eigenvalue weighted by Crippen LogP contribution is 2.34. The quantitative estimate of drug-likeness (QED) is 0.844. The molecule has 1 aromatic rings. The van der Waals surface area contributed by atoms with Crippen LogP contribution in [0.4, 0.5) is 0 Å². The number of sulfonamides is 1. The topological polar surface area (TPSA) is 93.6 Å². The zero-order valence-corrected chi connectivity index (χ0v) is 15.3. The van der Waals surface area contributed by atoms with Crippen LogP contribution in [0.5, 0.6) is 0 Å². The molecule has 1 aromatic carbocycles. The summed E-state index contributed by atoms with van der Waals surface area (Å²) in [5.41, 5.74) is -0.606. The summed E-state index contributed by atoms with van der Waals surface area (Å²) < 4.78 is 27.3. The minimum Gasteiger partial charge on any atom is -0.350 e. The molecule has 3 rings (SSSR count). The number of carbonyl (C=O) groups excluding carboxylic acids is 1. The summed E-state index contributed by atoms with van der Waals surface area (Å²) in [6.07, 6.45) is 1.83. The second kappa shape index (κ2) is 6.42. The molecule has 25 heavy (non-hydrogen) atoms. The molecular formula is C17H24N4O3S. The molecule has 0 spiro atoms. The largest absolute Gasteiger partial charge is 0.350 e. The van der Waals surface area contributed by atoms with E-state index in [1.54, 1.807) is 37.4 Å². The van der Waals surface area contributed by atoms with Gasteiger partial charge in [-0.25, -0.2) is 8.42 Å². The standard InChI is InChI=1S/C17H24N4O3S/c1-17(11-15(22)20(2)16(18)19-17)13-7-6-10-21(12-13)25(23,24)14-8-4-3-5-9-14/h3-5,8-9,13H,6-7,10-12H2,1-2H3,(H2,18,19)/t13?,17-/m0/s1. The first-order chi connectivity index (χ1) is 11.7. The van der Waals surface area contributed by atoms with Crippen LogP contribution in [0.15, 0.2) is 35.2 Å². The first-order valence-electron chi connectivity index (χ1n) is 8.42. The lowest BCUT2D eigenvalue weighted by Gasteiger charge is -2.47. The highest BCUT2D eigenvalue weighted by atomic mass is 32.2. The summed E-state index contributed by atoms with van der Waals surface area (Å²) in [5.74, 6) is -0.0752. The molecule has 2 aliphatic rings. The van der Waals surface area contributed by atoms with Crippen molar-refractivity contribution in [3.8, 4) is 0 Å². The van der Waals surface area contributed by atoms with Gasteiger partial charge >= 0.3 is 0 Å². The van der Waals surface area contributed by atoms with E-state index in [0.29, 0.717) is 18.0 Å². The molecule has 0 bridgehead atoms. The van der Waals surface area contributed by atoms with Gasteiger partial charge in [-0.3, -0.25) is 15.1 Å². The van der Waals surface area contributed by atoms with Crippen molar-refractivity contribution < 1.29 is 13.2 Å². The lowest BCUT2D eigenvalue weighted by Crippen LogP contribution is -2.65. The van der Waals surface area contributed by atoms with Gasteiger partial charge in [0, 0.05) is 20.1 Å². The lowest BCUT2D eigenvalue weighted by molar-refractivity contribution is -0.130. The number of guanidine groups is 1. The number of rotatable bonds is 3. The monoisotopic (exact) mass is 364 g/mol. The summed E-state index contributed by atoms with van der Waals surface area (Å²) in [6.45, 7) is 2.75. The third kappa shape index (κ3) is 3.28. The number of hydrogen-bond acceptors (Lipinski definition) is 4. The minimum atomic E-state index is -3.54. The molecule has 2 atom stereocenters. The number of hydrogen-bond donors (Lipinski definition) is 2. The Morgan fingerprint density at radius 3 is 2.60 bits per heavy atom. The molecule has 0 aromatic heterocycles. The van der Waals surface area contributed by atoms with E-state index in [9.17, 15) is 13.2 Å². The van der Waals surface area contributed by atoms with E-state index in [1.165, 1.54) is 9.21 Å². The molecule has 1 amide bonds. The number of benzene rings is 1. The minimum absolute atomic E-state index is 0.0299. The number of nitrogens with zero attached hydrogens (tertiary/aromatic N) is 2. The molecule has 0 saturated carbocycles. The maximum Gasteiger partial charge on any atom is 0.243 e. The van der Waals surface area contributed by atoms with Crippen molar-refractivity contribution in [2.75, 3.05) is 20.1 Å². The van der Waals surface area contributed by atoms with Gasteiger partial charge in [0.05, 0.1) is 16.9 Å². The van der Waals surface area contributed by atoms with Crippen LogP contribution in [-0.4, -0.2) is 55.2 Å². The third-order valence-electron chi connectivity index (χ3n) is 5.30. The van der Waals surface area contributed by atoms with Crippen molar-refractivity contribution in [2.45, 2.75) is 36.6 Å². The van der Waals surface area contributed by atoms with Crippen molar-refractivity contribution in [1.82, 2.24) is 14.5 Å². The van der Waals surface area contributed by atoms with Crippen LogP contribution >= 0.6 is 0 Å². The predicted molar refractivity (Wildman–Crippen MR) is 94.6 cm³/mol. The smallest absolute Gasteiger partial charge is 0.243 e. The fraction of sp³-hybridized carbons (Fsp3) is 0.529. The average molecular weight is 364 g/mol. The normalized spacial score (nSPS) is 28.7. The lowest BCUT2D eigenvalue weighted by atomic mass is 9.77. The summed E-state index contributed by atoms with van der Waals surface area (Å²) in [5, 5.41) is 11.1. The Balaban J connectivity index is 1.82. The second-order valence-electron chi connectivity index (χ2n) is 7.04. The van der Waals surface area contributed by atoms with Crippen LogP contribution in [0, 0.1) is 11.3 Å². The average Bonchev–Trinajstić information content (AvgIpc) is 2.60. The van der Waals surface area contributed by atoms with E-state index in [-0.39, 0.29) is 24.2 Å². The van der Waals surface area contributed by atoms with E-state index in [2.05, 4.69) is 5.32 Å². The molecule has 2 fully saturated rings. The zero-order valence-electron chi connectivity index (χ0n) is 14.5. The highest BCUT2D eigenvalue weighted by Gasteiger charge is 2.45. The first-order valence-corrected chi connectivity index (χ1v) is 9.86. The first kappa shape index (κ1) is 17.9. The fourth-order valence-electron chi connectivity index (χ4n) is 3.62. The van der Waals surface area contributed by atoms with Crippen molar-refractivity contribution in [3.05, 3.63) is 30.3 Å². The van der Waals surface area contributed by atoms with Crippen LogP contribution in [-0.2, 0) is 14.8 Å². The molecule has 2 N–H and O–H groups in total. The van der Waals surface area contributed by atoms with Crippen LogP contribution < -0.4 is 5.32 Å². The van der Waals surface area contributed by atoms with Gasteiger partial charge in [0.2, 0.25) is 15.9 Å². The van der Waals surface area contributed by atoms with E-state index in [1.807, 2.05) is 6.92 Å². The van der Waals surface area contributed by atoms with Gasteiger partial charge in [-0.05, 0) is 37.8 Å². The molecule has 2 saturated heterocycles. The molecule has 7 nitrogen and oxygen atoms in total. The van der Waals surface area contributed by atoms with Gasteiger partial charge in [0.25, 0.3) is 0 Å². The predicted octanol–water partition coefficient (Wildman–Crippen LogP) is 1.23. The molecule has 2 aliphatic heterocycles. The number of amides is 1. The summed E-state index contributed by atoms with van der Waals surface area (Å²) >= 11 is 0. The van der Waals surface area contributed by atoms with E-state index < -0.39 is 15.6 Å². The van der Waals surface area contributed by atoms with Crippen LogP contribution in [0.1, 0.15) is 26.2 Å². The molecule has 2 heterocycles. The van der Waals surface area contributed by atoms with Gasteiger partial charge < -0.3 is 5.32 Å². The number of carbonyl (C=O) groups is 1. The van der Waals surface area contributed by atoms with Gasteiger partial charge in [-0.1, -0.05) is 18.2 Å². The maximum absolute atomic E-state index is 12.9. The molecule has 0 aliphatic carbocycles. The van der Waals surface area contributed by atoms with Crippen LogP contribution in [0.25, 0.3) is 0 Å². The summed E-state index contributed by atoms with van der Waals surface area (Å²) in [7, 11) is -1.97. The van der Waals surface area contributed by atoms with Crippen LogP contribution in [0.3, 0.4) is 0 Å². The summed E-state index contributed by atoms with van der Waals surface area (Å²) in [6, 6.07) is 8.43. The molecular weight excluding hydrogens is 340 g/mol. The van der Waals surface area contributed by atoms with Crippen LogP contribution in [0.2, 0.25) is 0 Å². The fourth-order valence-corrected chi connectivity index (χ4v) is 5.17. The van der Waals surface area contributed by atoms with Crippen molar-refractivity contribution >= 4 is 21.9 Å². The third-order valence-corrected chi connectivity index (χ3v) is 7.18. The van der Waals surface area contributed by atoms with Gasteiger partial charge in [-0.15, -0.1) is 0 Å². The molecule has 1 unspecified atom stereocenters. The molecule has 0 radical (unpaired) electrons. The number of nitrogens with one attached hydrogen (secondary N) is 2. The Kier molecular flexibility index (Phi) is 4.59. The highest BCUT2D eigenvalue weighted by molar-refractivity contribution is 7.89. The SMILES string of the molecule is CN1C(=N)N[C@](C)(C2CCCN(S(=O)(=O)c3ccccc3)C2)CC1=O. The van der Waals surface area contributed by atoms with Crippen molar-refractivity contribution in [2.24, 2.45) is 5.92 Å². The zero-order chi connectivity index (χ0) is 18.2. The van der Waals surface area contributed by atoms with Crippen molar-refractivity contribution in [3.63, 3.8) is 0 Å². The Bertz CT molecular complexity index is 760. The Morgan fingerprint density at radius 2 is 1.96 bits per heavy atom. The van der Waals surface area contributed by atoms with E-state index >= 15 is 0 Å². The number of piperidine rings is 1. The van der Waals surface area contributed by atoms with Gasteiger partial charge in [0.15, 0.2) is 5.96 Å². The molecule has 8 heteroatoms. The second-order valence-corrected chi connectivity index (χ2v) is 8.97.